The number of carbonyl (C=O) groups excluding carboxylic acids is 3. The van der Waals surface area contributed by atoms with Crippen LogP contribution in [0.2, 0.25) is 0 Å². The Morgan fingerprint density at radius 3 is 2.55 bits per heavy atom. The van der Waals surface area contributed by atoms with Crippen LogP contribution < -0.4 is 30.2 Å². The summed E-state index contributed by atoms with van der Waals surface area (Å²) in [4.78, 5) is 65.3. The minimum Gasteiger partial charge on any atom is -0.488 e. The molecule has 4 heterocycles. The molecule has 2 aromatic heterocycles. The number of nitrogens with one attached hydrogen (secondary N) is 3. The van der Waals surface area contributed by atoms with E-state index in [9.17, 15) is 24.3 Å². The summed E-state index contributed by atoms with van der Waals surface area (Å²) in [7, 11) is 0. The maximum Gasteiger partial charge on any atom is 0.408 e. The summed E-state index contributed by atoms with van der Waals surface area (Å²) in [6, 6.07) is 3.35. The fourth-order valence-corrected chi connectivity index (χ4v) is 8.40. The molecule has 2 aliphatic heterocycles. The molecular weight excluding hydrogens is 729 g/mol. The number of aliphatic carboxylic acids is 1. The standard InChI is InChI=1S/C39H48N6O9S/c1-7-21-16-39(21,35(48)49)44-33(46)27-14-23(17-45(27)34(47)32(38(4,5)6)43-37(50)54-22-10-8-9-11-22)53-29-15-25(26-18-55-36(42-26)40-20(2)3)41-30-24(29)12-13-28-31(30)52-19-51-28/h7,12-13,15,18,20-23,27,32H,1,8-11,14,16-17,19H2,2-6H3,(H,40,42)(H,43,50)(H,44,46)(H,48,49)/t21?,23-,27+,32-,39-/m1/s1. The van der Waals surface area contributed by atoms with Gasteiger partial charge in [0.2, 0.25) is 18.6 Å². The summed E-state index contributed by atoms with van der Waals surface area (Å²) in [5.41, 5.74) is -0.673. The SMILES string of the molecule is C=CC1C[C@]1(NC(=O)[C@@H]1C[C@@H](Oc2cc(-c3csc(NC(C)C)n3)nc3c4c(ccc23)OCO4)CN1C(=O)[C@@H](NC(=O)OC1CCCC1)C(C)(C)C)C(=O)O. The lowest BCUT2D eigenvalue weighted by molar-refractivity contribution is -0.146. The fourth-order valence-electron chi connectivity index (χ4n) is 7.55. The van der Waals surface area contributed by atoms with Gasteiger partial charge < -0.3 is 44.9 Å². The molecule has 3 aromatic rings. The van der Waals surface area contributed by atoms with Crippen LogP contribution in [0, 0.1) is 11.3 Å². The van der Waals surface area contributed by atoms with Gasteiger partial charge in [0.25, 0.3) is 0 Å². The molecule has 0 spiro atoms. The van der Waals surface area contributed by atoms with Gasteiger partial charge in [-0.15, -0.1) is 17.9 Å². The van der Waals surface area contributed by atoms with Crippen molar-refractivity contribution in [2.24, 2.45) is 11.3 Å². The van der Waals surface area contributed by atoms with Crippen LogP contribution in [-0.4, -0.2) is 93.1 Å². The van der Waals surface area contributed by atoms with Crippen molar-refractivity contribution in [1.82, 2.24) is 25.5 Å². The summed E-state index contributed by atoms with van der Waals surface area (Å²) < 4.78 is 23.8. The number of rotatable bonds is 12. The van der Waals surface area contributed by atoms with E-state index >= 15 is 0 Å². The smallest absolute Gasteiger partial charge is 0.408 e. The van der Waals surface area contributed by atoms with E-state index < -0.39 is 58.9 Å². The number of pyridine rings is 1. The fraction of sp³-hybridized carbons (Fsp3) is 0.538. The Bertz CT molecular complexity index is 2010. The summed E-state index contributed by atoms with van der Waals surface area (Å²) in [6.07, 6.45) is 3.55. The first-order valence-electron chi connectivity index (χ1n) is 18.7. The Balaban J connectivity index is 1.22. The number of nitrogens with zero attached hydrogens (tertiary/aromatic N) is 3. The number of anilines is 1. The van der Waals surface area contributed by atoms with Gasteiger partial charge in [-0.1, -0.05) is 26.8 Å². The van der Waals surface area contributed by atoms with E-state index in [1.165, 1.54) is 22.3 Å². The molecule has 1 saturated heterocycles. The molecule has 1 aromatic carbocycles. The number of aromatic nitrogens is 2. The molecule has 5 atom stereocenters. The molecule has 0 radical (unpaired) electrons. The van der Waals surface area contributed by atoms with E-state index in [1.54, 1.807) is 12.1 Å². The van der Waals surface area contributed by atoms with Crippen molar-refractivity contribution in [3.05, 3.63) is 36.2 Å². The number of ether oxygens (including phenoxy) is 4. The second kappa shape index (κ2) is 14.8. The molecule has 2 saturated carbocycles. The van der Waals surface area contributed by atoms with E-state index in [0.29, 0.717) is 39.5 Å². The molecule has 4 aliphatic rings. The van der Waals surface area contributed by atoms with Gasteiger partial charge in [-0.2, -0.15) is 0 Å². The first kappa shape index (κ1) is 38.2. The zero-order valence-electron chi connectivity index (χ0n) is 31.7. The Morgan fingerprint density at radius 2 is 1.87 bits per heavy atom. The third-order valence-electron chi connectivity index (χ3n) is 10.6. The van der Waals surface area contributed by atoms with Gasteiger partial charge in [0, 0.05) is 35.2 Å². The van der Waals surface area contributed by atoms with Crippen LogP contribution in [0.5, 0.6) is 17.2 Å². The van der Waals surface area contributed by atoms with Crippen LogP contribution >= 0.6 is 11.3 Å². The maximum absolute atomic E-state index is 14.6. The zero-order valence-corrected chi connectivity index (χ0v) is 32.5. The minimum absolute atomic E-state index is 0.0311. The lowest BCUT2D eigenvalue weighted by Crippen LogP contribution is -2.59. The van der Waals surface area contributed by atoms with Gasteiger partial charge in [0.05, 0.1) is 12.2 Å². The molecule has 3 amide bonds. The van der Waals surface area contributed by atoms with Crippen LogP contribution in [0.15, 0.2) is 36.2 Å². The highest BCUT2D eigenvalue weighted by atomic mass is 32.1. The lowest BCUT2D eigenvalue weighted by atomic mass is 9.85. The molecule has 4 N–H and O–H groups in total. The molecule has 3 fully saturated rings. The average Bonchev–Trinajstić information content (AvgIpc) is 3.74. The first-order chi connectivity index (χ1) is 26.2. The summed E-state index contributed by atoms with van der Waals surface area (Å²) in [5.74, 6) is -1.37. The highest BCUT2D eigenvalue weighted by Crippen LogP contribution is 2.46. The average molecular weight is 777 g/mol. The van der Waals surface area contributed by atoms with Crippen molar-refractivity contribution >= 4 is 51.2 Å². The van der Waals surface area contributed by atoms with E-state index in [0.717, 1.165) is 30.8 Å². The van der Waals surface area contributed by atoms with Crippen molar-refractivity contribution in [1.29, 1.82) is 0 Å². The molecule has 1 unspecified atom stereocenters. The Hall–Kier alpha value is -5.12. The van der Waals surface area contributed by atoms with Crippen molar-refractivity contribution in [2.75, 3.05) is 18.7 Å². The zero-order chi connectivity index (χ0) is 39.2. The molecule has 0 bridgehead atoms. The van der Waals surface area contributed by atoms with Gasteiger partial charge in [0.1, 0.15) is 46.8 Å². The van der Waals surface area contributed by atoms with E-state index in [-0.39, 0.29) is 38.3 Å². The second-order valence-corrected chi connectivity index (χ2v) is 16.9. The Morgan fingerprint density at radius 1 is 1.11 bits per heavy atom. The highest BCUT2D eigenvalue weighted by molar-refractivity contribution is 7.14. The largest absolute Gasteiger partial charge is 0.488 e. The number of carboxylic acids is 1. The molecule has 55 heavy (non-hydrogen) atoms. The van der Waals surface area contributed by atoms with E-state index in [2.05, 4.69) is 22.5 Å². The lowest BCUT2D eigenvalue weighted by Gasteiger charge is -2.35. The van der Waals surface area contributed by atoms with Crippen LogP contribution in [0.1, 0.15) is 73.1 Å². The van der Waals surface area contributed by atoms with Crippen molar-refractivity contribution in [3.63, 3.8) is 0 Å². The van der Waals surface area contributed by atoms with Crippen LogP contribution in [0.25, 0.3) is 22.3 Å². The molecular formula is C39H48N6O9S. The van der Waals surface area contributed by atoms with Crippen molar-refractivity contribution in [3.8, 4) is 28.6 Å². The quantitative estimate of drug-likeness (QED) is 0.170. The van der Waals surface area contributed by atoms with Gasteiger partial charge in [-0.3, -0.25) is 9.59 Å². The van der Waals surface area contributed by atoms with Crippen LogP contribution in [0.4, 0.5) is 9.93 Å². The summed E-state index contributed by atoms with van der Waals surface area (Å²) >= 11 is 1.45. The predicted octanol–water partition coefficient (Wildman–Crippen LogP) is 5.48. The molecule has 15 nitrogen and oxygen atoms in total. The highest BCUT2D eigenvalue weighted by Gasteiger charge is 2.61. The van der Waals surface area contributed by atoms with Crippen molar-refractivity contribution in [2.45, 2.75) is 109 Å². The first-order valence-corrected chi connectivity index (χ1v) is 19.6. The van der Waals surface area contributed by atoms with Gasteiger partial charge >= 0.3 is 12.1 Å². The van der Waals surface area contributed by atoms with Crippen LogP contribution in [0.3, 0.4) is 0 Å². The number of hydrogen-bond donors (Lipinski definition) is 4. The van der Waals surface area contributed by atoms with Crippen LogP contribution in [-0.2, 0) is 19.1 Å². The Labute approximate surface area is 323 Å². The monoisotopic (exact) mass is 776 g/mol. The van der Waals surface area contributed by atoms with E-state index in [1.807, 2.05) is 46.1 Å². The number of alkyl carbamates (subject to hydrolysis) is 1. The minimum atomic E-state index is -1.52. The molecule has 16 heteroatoms. The number of likely N-dealkylation sites (tertiary alicyclic amines) is 1. The predicted molar refractivity (Wildman–Crippen MR) is 204 cm³/mol. The van der Waals surface area contributed by atoms with E-state index in [4.69, 9.17) is 28.9 Å². The normalized spacial score (nSPS) is 23.7. The third kappa shape index (κ3) is 7.73. The second-order valence-electron chi connectivity index (χ2n) is 16.1. The Kier molecular flexibility index (Phi) is 10.3. The number of hydrogen-bond acceptors (Lipinski definition) is 12. The molecule has 2 aliphatic carbocycles. The third-order valence-corrected chi connectivity index (χ3v) is 11.4. The van der Waals surface area contributed by atoms with Gasteiger partial charge in [-0.05, 0) is 63.5 Å². The maximum atomic E-state index is 14.6. The van der Waals surface area contributed by atoms with Gasteiger partial charge in [0.15, 0.2) is 16.6 Å². The summed E-state index contributed by atoms with van der Waals surface area (Å²) in [6.45, 7) is 13.2. The van der Waals surface area contributed by atoms with Crippen molar-refractivity contribution < 1.29 is 43.2 Å². The topological polar surface area (TPSA) is 191 Å². The number of carboxylic acid groups (broad SMARTS) is 1. The molecule has 294 valence electrons. The summed E-state index contributed by atoms with van der Waals surface area (Å²) in [5, 5.41) is 22.2. The number of fused-ring (bicyclic) bond motifs is 3. The number of thiazole rings is 1. The molecule has 7 rings (SSSR count). The number of benzene rings is 1. The number of amides is 3. The van der Waals surface area contributed by atoms with Gasteiger partial charge in [-0.25, -0.2) is 19.6 Å². The number of carbonyl (C=O) groups is 4.